The van der Waals surface area contributed by atoms with E-state index in [-0.39, 0.29) is 13.4 Å². The van der Waals surface area contributed by atoms with Crippen molar-refractivity contribution in [2.75, 3.05) is 6.79 Å². The van der Waals surface area contributed by atoms with Crippen molar-refractivity contribution in [2.45, 2.75) is 20.1 Å². The Hall–Kier alpha value is -3.29. The van der Waals surface area contributed by atoms with Crippen LogP contribution in [0.4, 0.5) is 0 Å². The van der Waals surface area contributed by atoms with E-state index >= 15 is 0 Å². The van der Waals surface area contributed by atoms with Crippen LogP contribution in [-0.4, -0.2) is 12.8 Å². The number of hydrogen-bond donors (Lipinski definition) is 0. The van der Waals surface area contributed by atoms with Gasteiger partial charge in [-0.2, -0.15) is 0 Å². The molecule has 0 saturated carbocycles. The summed E-state index contributed by atoms with van der Waals surface area (Å²) in [6.45, 7) is 9.73. The number of ether oxygens (including phenoxy) is 3. The summed E-state index contributed by atoms with van der Waals surface area (Å²) in [4.78, 5) is 11.1. The number of carbonyl (C=O) groups is 1. The van der Waals surface area contributed by atoms with Crippen LogP contribution in [0.15, 0.2) is 68.0 Å². The molecule has 0 heterocycles. The van der Waals surface area contributed by atoms with Crippen LogP contribution >= 0.6 is 0 Å². The Labute approximate surface area is 160 Å². The number of hydrogen-bond acceptors (Lipinski definition) is 4. The fourth-order valence-corrected chi connectivity index (χ4v) is 2.25. The van der Waals surface area contributed by atoms with Gasteiger partial charge in [-0.05, 0) is 41.8 Å². The predicted molar refractivity (Wildman–Crippen MR) is 105 cm³/mol. The Balaban J connectivity index is 1.97. The summed E-state index contributed by atoms with van der Waals surface area (Å²) in [5.41, 5.74) is 4.90. The molecule has 0 N–H and O–H groups in total. The molecule has 138 valence electrons. The van der Waals surface area contributed by atoms with Crippen molar-refractivity contribution in [3.63, 3.8) is 0 Å². The van der Waals surface area contributed by atoms with Crippen LogP contribution < -0.4 is 0 Å². The van der Waals surface area contributed by atoms with Crippen LogP contribution in [0, 0.1) is 18.8 Å². The van der Waals surface area contributed by atoms with E-state index in [1.807, 2.05) is 43.3 Å². The molecular weight excluding hydrogens is 340 g/mol. The van der Waals surface area contributed by atoms with Gasteiger partial charge >= 0.3 is 5.97 Å². The minimum atomic E-state index is -0.434. The summed E-state index contributed by atoms with van der Waals surface area (Å²) in [6, 6.07) is 13.6. The van der Waals surface area contributed by atoms with Crippen LogP contribution in [0.1, 0.15) is 27.8 Å². The van der Waals surface area contributed by atoms with E-state index in [9.17, 15) is 4.79 Å². The second-order valence-electron chi connectivity index (χ2n) is 5.71. The van der Waals surface area contributed by atoms with Gasteiger partial charge in [0.05, 0.1) is 12.9 Å². The highest BCUT2D eigenvalue weighted by Crippen LogP contribution is 2.12. The Morgan fingerprint density at radius 1 is 1.04 bits per heavy atom. The lowest BCUT2D eigenvalue weighted by molar-refractivity contribution is -0.138. The molecule has 0 unspecified atom stereocenters. The van der Waals surface area contributed by atoms with Crippen molar-refractivity contribution >= 4 is 5.97 Å². The first-order chi connectivity index (χ1) is 13.1. The molecule has 4 nitrogen and oxygen atoms in total. The van der Waals surface area contributed by atoms with E-state index in [1.165, 1.54) is 6.26 Å². The average molecular weight is 362 g/mol. The van der Waals surface area contributed by atoms with E-state index in [0.717, 1.165) is 33.9 Å². The fraction of sp³-hybridized carbons (Fsp3) is 0.174. The molecule has 0 aliphatic carbocycles. The zero-order chi connectivity index (χ0) is 19.5. The van der Waals surface area contributed by atoms with Crippen molar-refractivity contribution < 1.29 is 19.0 Å². The minimum Gasteiger partial charge on any atom is -0.476 e. The van der Waals surface area contributed by atoms with Crippen molar-refractivity contribution in [2.24, 2.45) is 0 Å². The van der Waals surface area contributed by atoms with Gasteiger partial charge in [0.1, 0.15) is 6.61 Å². The molecule has 2 aromatic carbocycles. The summed E-state index contributed by atoms with van der Waals surface area (Å²) in [7, 11) is 0. The maximum atomic E-state index is 11.1. The van der Waals surface area contributed by atoms with E-state index in [4.69, 9.17) is 14.2 Å². The van der Waals surface area contributed by atoms with Crippen LogP contribution in [0.25, 0.3) is 0 Å². The first kappa shape index (κ1) is 20.0. The predicted octanol–water partition coefficient (Wildman–Crippen LogP) is 4.26. The molecule has 2 aromatic rings. The third-order valence-corrected chi connectivity index (χ3v) is 3.67. The van der Waals surface area contributed by atoms with Gasteiger partial charge in [0, 0.05) is 17.2 Å². The molecule has 0 spiro atoms. The lowest BCUT2D eigenvalue weighted by atomic mass is 10.0. The van der Waals surface area contributed by atoms with Crippen molar-refractivity contribution in [1.82, 2.24) is 0 Å². The van der Waals surface area contributed by atoms with Crippen molar-refractivity contribution in [1.29, 1.82) is 0 Å². The molecular formula is C23H22O4. The Morgan fingerprint density at radius 3 is 2.44 bits per heavy atom. The monoisotopic (exact) mass is 362 g/mol. The molecule has 0 fully saturated rings. The van der Waals surface area contributed by atoms with Gasteiger partial charge in [0.2, 0.25) is 0 Å². The van der Waals surface area contributed by atoms with Gasteiger partial charge in [-0.25, -0.2) is 4.79 Å². The quantitative estimate of drug-likeness (QED) is 0.176. The molecule has 27 heavy (non-hydrogen) atoms. The van der Waals surface area contributed by atoms with Gasteiger partial charge in [-0.3, -0.25) is 0 Å². The maximum Gasteiger partial charge on any atom is 0.330 e. The molecule has 4 heteroatoms. The minimum absolute atomic E-state index is 0.187. The summed E-state index contributed by atoms with van der Waals surface area (Å²) < 4.78 is 15.3. The van der Waals surface area contributed by atoms with E-state index in [0.29, 0.717) is 6.61 Å². The van der Waals surface area contributed by atoms with Gasteiger partial charge in [0.15, 0.2) is 6.79 Å². The SMILES string of the molecule is C=COCOCc1ccc(C#Cc2ccc(COC(=O)C=C)cc2)c(C)c1. The number of aryl methyl sites for hydroxylation is 1. The number of esters is 1. The van der Waals surface area contributed by atoms with Gasteiger partial charge in [-0.1, -0.05) is 49.3 Å². The lowest BCUT2D eigenvalue weighted by Gasteiger charge is -2.06. The van der Waals surface area contributed by atoms with Gasteiger partial charge < -0.3 is 14.2 Å². The molecule has 2 rings (SSSR count). The van der Waals surface area contributed by atoms with E-state index in [1.54, 1.807) is 0 Å². The zero-order valence-corrected chi connectivity index (χ0v) is 15.4. The second-order valence-corrected chi connectivity index (χ2v) is 5.71. The summed E-state index contributed by atoms with van der Waals surface area (Å²) in [5, 5.41) is 0. The summed E-state index contributed by atoms with van der Waals surface area (Å²) in [6.07, 6.45) is 2.50. The molecule has 0 aliphatic rings. The van der Waals surface area contributed by atoms with Crippen molar-refractivity contribution in [3.05, 3.63) is 95.8 Å². The highest BCUT2D eigenvalue weighted by atomic mass is 16.7. The van der Waals surface area contributed by atoms with Crippen molar-refractivity contribution in [3.8, 4) is 11.8 Å². The van der Waals surface area contributed by atoms with Crippen LogP contribution in [0.2, 0.25) is 0 Å². The van der Waals surface area contributed by atoms with E-state index < -0.39 is 5.97 Å². The fourth-order valence-electron chi connectivity index (χ4n) is 2.25. The van der Waals surface area contributed by atoms with E-state index in [2.05, 4.69) is 31.1 Å². The molecule has 0 saturated heterocycles. The molecule has 0 aliphatic heterocycles. The maximum absolute atomic E-state index is 11.1. The smallest absolute Gasteiger partial charge is 0.330 e. The zero-order valence-electron chi connectivity index (χ0n) is 15.4. The topological polar surface area (TPSA) is 44.8 Å². The number of carbonyl (C=O) groups excluding carboxylic acids is 1. The summed E-state index contributed by atoms with van der Waals surface area (Å²) >= 11 is 0. The highest BCUT2D eigenvalue weighted by molar-refractivity contribution is 5.81. The first-order valence-corrected chi connectivity index (χ1v) is 8.42. The molecule has 0 aromatic heterocycles. The lowest BCUT2D eigenvalue weighted by Crippen LogP contribution is -1.99. The highest BCUT2D eigenvalue weighted by Gasteiger charge is 2.00. The Kier molecular flexibility index (Phi) is 7.90. The van der Waals surface area contributed by atoms with Crippen LogP contribution in [0.3, 0.4) is 0 Å². The second kappa shape index (κ2) is 10.6. The summed E-state index contributed by atoms with van der Waals surface area (Å²) in [5.74, 6) is 5.90. The van der Waals surface area contributed by atoms with Crippen LogP contribution in [-0.2, 0) is 32.2 Å². The normalized spacial score (nSPS) is 9.67. The molecule has 0 radical (unpaired) electrons. The molecule has 0 atom stereocenters. The first-order valence-electron chi connectivity index (χ1n) is 8.42. The van der Waals surface area contributed by atoms with Crippen LogP contribution in [0.5, 0.6) is 0 Å². The average Bonchev–Trinajstić information content (AvgIpc) is 2.69. The Morgan fingerprint density at radius 2 is 1.78 bits per heavy atom. The van der Waals surface area contributed by atoms with Gasteiger partial charge in [-0.15, -0.1) is 0 Å². The number of benzene rings is 2. The third kappa shape index (κ3) is 6.85. The standard InChI is InChI=1S/C23H22O4/c1-4-23(24)27-16-20-8-6-19(7-9-20)10-12-22-13-11-21(14-18(22)3)15-26-17-25-5-2/h4-9,11,13-14H,1-2,15-17H2,3H3. The largest absolute Gasteiger partial charge is 0.476 e. The third-order valence-electron chi connectivity index (χ3n) is 3.67. The molecule has 0 bridgehead atoms. The van der Waals surface area contributed by atoms with Gasteiger partial charge in [0.25, 0.3) is 0 Å². The molecule has 0 amide bonds. The number of rotatable bonds is 8. The Bertz CT molecular complexity index is 854.